The molecule has 2 heterocycles. The summed E-state index contributed by atoms with van der Waals surface area (Å²) in [6, 6.07) is 0. The topological polar surface area (TPSA) is 24.4 Å². The van der Waals surface area contributed by atoms with Crippen LogP contribution in [-0.4, -0.2) is 25.3 Å². The van der Waals surface area contributed by atoms with Crippen LogP contribution < -0.4 is 5.32 Å². The molecule has 2 heteroatoms. The molecule has 0 aliphatic carbocycles. The molecule has 2 aliphatic heterocycles. The van der Waals surface area contributed by atoms with E-state index in [1.165, 1.54) is 31.6 Å². The van der Waals surface area contributed by atoms with Crippen LogP contribution >= 0.6 is 0 Å². The minimum absolute atomic E-state index is 0.774. The van der Waals surface area contributed by atoms with E-state index in [9.17, 15) is 0 Å². The standard InChI is InChI=1S/C10H16N2/c1-2-6-12-10(3-1)9-4-7-11-8-5-9/h1-2,9,11H,3-8H2. The molecule has 0 amide bonds. The van der Waals surface area contributed by atoms with E-state index in [0.717, 1.165) is 18.9 Å². The van der Waals surface area contributed by atoms with Gasteiger partial charge in [-0.15, -0.1) is 0 Å². The molecular formula is C10H16N2. The van der Waals surface area contributed by atoms with Gasteiger partial charge in [-0.3, -0.25) is 4.99 Å². The average Bonchev–Trinajstić information content (AvgIpc) is 2.21. The summed E-state index contributed by atoms with van der Waals surface area (Å²) in [7, 11) is 0. The van der Waals surface area contributed by atoms with Gasteiger partial charge < -0.3 is 5.32 Å². The second-order valence-electron chi connectivity index (χ2n) is 3.53. The van der Waals surface area contributed by atoms with Crippen molar-refractivity contribution < 1.29 is 0 Å². The molecule has 2 rings (SSSR count). The van der Waals surface area contributed by atoms with E-state index in [2.05, 4.69) is 22.5 Å². The van der Waals surface area contributed by atoms with E-state index >= 15 is 0 Å². The van der Waals surface area contributed by atoms with Crippen molar-refractivity contribution in [3.63, 3.8) is 0 Å². The Morgan fingerprint density at radius 2 is 2.08 bits per heavy atom. The highest BCUT2D eigenvalue weighted by Crippen LogP contribution is 2.17. The van der Waals surface area contributed by atoms with Crippen molar-refractivity contribution in [2.45, 2.75) is 19.3 Å². The molecule has 0 bridgehead atoms. The molecule has 0 aromatic rings. The largest absolute Gasteiger partial charge is 0.317 e. The van der Waals surface area contributed by atoms with Gasteiger partial charge in [0.05, 0.1) is 6.54 Å². The van der Waals surface area contributed by atoms with Crippen LogP contribution in [0.3, 0.4) is 0 Å². The van der Waals surface area contributed by atoms with Gasteiger partial charge in [0.25, 0.3) is 0 Å². The molecule has 0 saturated carbocycles. The zero-order chi connectivity index (χ0) is 8.23. The highest BCUT2D eigenvalue weighted by Gasteiger charge is 2.18. The van der Waals surface area contributed by atoms with Gasteiger partial charge in [-0.05, 0) is 31.8 Å². The summed E-state index contributed by atoms with van der Waals surface area (Å²) < 4.78 is 0. The molecule has 66 valence electrons. The molecule has 2 aliphatic rings. The fourth-order valence-electron chi connectivity index (χ4n) is 1.96. The Labute approximate surface area is 73.8 Å². The van der Waals surface area contributed by atoms with Crippen LogP contribution in [0.15, 0.2) is 17.1 Å². The molecule has 1 saturated heterocycles. The minimum atomic E-state index is 0.774. The number of hydrogen-bond donors (Lipinski definition) is 1. The van der Waals surface area contributed by atoms with Crippen molar-refractivity contribution in [3.05, 3.63) is 12.2 Å². The third kappa shape index (κ3) is 1.75. The number of piperidine rings is 1. The normalized spacial score (nSPS) is 25.5. The van der Waals surface area contributed by atoms with Crippen molar-refractivity contribution in [1.29, 1.82) is 0 Å². The Kier molecular flexibility index (Phi) is 2.57. The van der Waals surface area contributed by atoms with Crippen LogP contribution in [0.4, 0.5) is 0 Å². The van der Waals surface area contributed by atoms with Crippen molar-refractivity contribution in [2.24, 2.45) is 10.9 Å². The maximum atomic E-state index is 4.56. The highest BCUT2D eigenvalue weighted by molar-refractivity contribution is 5.88. The van der Waals surface area contributed by atoms with E-state index in [-0.39, 0.29) is 0 Å². The third-order valence-corrected chi connectivity index (χ3v) is 2.70. The monoisotopic (exact) mass is 164 g/mol. The maximum Gasteiger partial charge on any atom is 0.0570 e. The summed E-state index contributed by atoms with van der Waals surface area (Å²) in [5, 5.41) is 3.38. The molecule has 12 heavy (non-hydrogen) atoms. The first kappa shape index (κ1) is 7.99. The van der Waals surface area contributed by atoms with E-state index in [1.54, 1.807) is 0 Å². The molecule has 2 nitrogen and oxygen atoms in total. The van der Waals surface area contributed by atoms with E-state index in [1.807, 2.05) is 0 Å². The van der Waals surface area contributed by atoms with Gasteiger partial charge in [0.1, 0.15) is 0 Å². The zero-order valence-electron chi connectivity index (χ0n) is 7.42. The fraction of sp³-hybridized carbons (Fsp3) is 0.700. The first-order valence-corrected chi connectivity index (χ1v) is 4.86. The predicted octanol–water partition coefficient (Wildman–Crippen LogP) is 1.39. The van der Waals surface area contributed by atoms with E-state index in [0.29, 0.717) is 0 Å². The summed E-state index contributed by atoms with van der Waals surface area (Å²) in [5.41, 5.74) is 1.44. The zero-order valence-corrected chi connectivity index (χ0v) is 7.42. The van der Waals surface area contributed by atoms with Crippen molar-refractivity contribution >= 4 is 5.71 Å². The molecule has 1 fully saturated rings. The summed E-state index contributed by atoms with van der Waals surface area (Å²) in [6.07, 6.45) is 8.08. The first-order valence-electron chi connectivity index (χ1n) is 4.86. The number of rotatable bonds is 1. The third-order valence-electron chi connectivity index (χ3n) is 2.70. The van der Waals surface area contributed by atoms with Gasteiger partial charge in [0.2, 0.25) is 0 Å². The summed E-state index contributed by atoms with van der Waals surface area (Å²) >= 11 is 0. The summed E-state index contributed by atoms with van der Waals surface area (Å²) in [5.74, 6) is 0.774. The number of aliphatic imine (C=N–C) groups is 1. The second kappa shape index (κ2) is 3.85. The SMILES string of the molecule is C1=CCC(C2CCNCC2)=NC1. The smallest absolute Gasteiger partial charge is 0.0570 e. The Balaban J connectivity index is 1.93. The molecule has 0 unspecified atom stereocenters. The van der Waals surface area contributed by atoms with Gasteiger partial charge in [-0.25, -0.2) is 0 Å². The van der Waals surface area contributed by atoms with Crippen molar-refractivity contribution in [1.82, 2.24) is 5.32 Å². The molecule has 0 spiro atoms. The Morgan fingerprint density at radius 1 is 1.25 bits per heavy atom. The minimum Gasteiger partial charge on any atom is -0.317 e. The Morgan fingerprint density at radius 3 is 2.75 bits per heavy atom. The number of hydrogen-bond acceptors (Lipinski definition) is 2. The van der Waals surface area contributed by atoms with E-state index < -0.39 is 0 Å². The van der Waals surface area contributed by atoms with Gasteiger partial charge in [0.15, 0.2) is 0 Å². The molecule has 1 N–H and O–H groups in total. The van der Waals surface area contributed by atoms with Crippen LogP contribution in [0.25, 0.3) is 0 Å². The molecule has 0 atom stereocenters. The Hall–Kier alpha value is -0.630. The summed E-state index contributed by atoms with van der Waals surface area (Å²) in [4.78, 5) is 4.56. The molecule has 0 radical (unpaired) electrons. The highest BCUT2D eigenvalue weighted by atomic mass is 14.9. The second-order valence-corrected chi connectivity index (χ2v) is 3.53. The molecule has 0 aromatic carbocycles. The van der Waals surface area contributed by atoms with Gasteiger partial charge in [-0.1, -0.05) is 12.2 Å². The van der Waals surface area contributed by atoms with Gasteiger partial charge >= 0.3 is 0 Å². The Bertz CT molecular complexity index is 200. The number of dihydropyridines is 1. The lowest BCUT2D eigenvalue weighted by molar-refractivity contribution is 0.453. The quantitative estimate of drug-likeness (QED) is 0.582. The lowest BCUT2D eigenvalue weighted by Gasteiger charge is -2.24. The van der Waals surface area contributed by atoms with Crippen LogP contribution in [0, 0.1) is 5.92 Å². The maximum absolute atomic E-state index is 4.56. The number of allylic oxidation sites excluding steroid dienone is 1. The fourth-order valence-corrected chi connectivity index (χ4v) is 1.96. The van der Waals surface area contributed by atoms with E-state index in [4.69, 9.17) is 0 Å². The predicted molar refractivity (Wildman–Crippen MR) is 51.7 cm³/mol. The molecule has 0 aromatic heterocycles. The van der Waals surface area contributed by atoms with Crippen molar-refractivity contribution in [3.8, 4) is 0 Å². The van der Waals surface area contributed by atoms with Crippen LogP contribution in [0.2, 0.25) is 0 Å². The summed E-state index contributed by atoms with van der Waals surface area (Å²) in [6.45, 7) is 3.26. The van der Waals surface area contributed by atoms with Gasteiger partial charge in [-0.2, -0.15) is 0 Å². The van der Waals surface area contributed by atoms with Crippen LogP contribution in [-0.2, 0) is 0 Å². The average molecular weight is 164 g/mol. The number of nitrogens with one attached hydrogen (secondary N) is 1. The van der Waals surface area contributed by atoms with Crippen LogP contribution in [0.1, 0.15) is 19.3 Å². The molecular weight excluding hydrogens is 148 g/mol. The van der Waals surface area contributed by atoms with Crippen molar-refractivity contribution in [2.75, 3.05) is 19.6 Å². The first-order chi connectivity index (χ1) is 5.97. The van der Waals surface area contributed by atoms with Gasteiger partial charge in [0, 0.05) is 12.1 Å². The number of nitrogens with zero attached hydrogens (tertiary/aromatic N) is 1. The lowest BCUT2D eigenvalue weighted by Crippen LogP contribution is -2.32. The van der Waals surface area contributed by atoms with Crippen LogP contribution in [0.5, 0.6) is 0 Å². The lowest BCUT2D eigenvalue weighted by atomic mass is 9.90.